The Hall–Kier alpha value is -1.93. The lowest BCUT2D eigenvalue weighted by Gasteiger charge is -1.93. The van der Waals surface area contributed by atoms with Crippen molar-refractivity contribution >= 4 is 21.9 Å². The van der Waals surface area contributed by atoms with E-state index < -0.39 is 21.8 Å². The SMILES string of the molecule is NC(=O)CS(=O)(=O)O.NC(=O)Cc1ccccc1. The number of benzene rings is 1. The maximum Gasteiger partial charge on any atom is 0.274 e. The smallest absolute Gasteiger partial charge is 0.274 e. The molecule has 1 aromatic carbocycles. The monoisotopic (exact) mass is 274 g/mol. The number of hydrogen-bond acceptors (Lipinski definition) is 4. The first-order chi connectivity index (χ1) is 8.20. The van der Waals surface area contributed by atoms with Crippen LogP contribution >= 0.6 is 0 Å². The number of carbonyl (C=O) groups is 2. The fraction of sp³-hybridized carbons (Fsp3) is 0.200. The molecule has 0 bridgehead atoms. The second-order valence-corrected chi connectivity index (χ2v) is 4.77. The highest BCUT2D eigenvalue weighted by Gasteiger charge is 2.07. The highest BCUT2D eigenvalue weighted by atomic mass is 32.2. The summed E-state index contributed by atoms with van der Waals surface area (Å²) in [4.78, 5) is 20.1. The summed E-state index contributed by atoms with van der Waals surface area (Å²) in [5, 5.41) is 0. The van der Waals surface area contributed by atoms with E-state index in [4.69, 9.17) is 10.3 Å². The lowest BCUT2D eigenvalue weighted by atomic mass is 10.1. The third kappa shape index (κ3) is 10.6. The molecule has 18 heavy (non-hydrogen) atoms. The number of nitrogens with two attached hydrogens (primary N) is 2. The van der Waals surface area contributed by atoms with E-state index in [1.54, 1.807) is 0 Å². The molecule has 0 saturated carbocycles. The summed E-state index contributed by atoms with van der Waals surface area (Å²) < 4.78 is 27.3. The molecule has 1 rings (SSSR count). The molecule has 0 aromatic heterocycles. The Balaban J connectivity index is 0.000000331. The topological polar surface area (TPSA) is 141 Å². The Labute approximate surface area is 105 Å². The second kappa shape index (κ2) is 7.41. The lowest BCUT2D eigenvalue weighted by molar-refractivity contribution is -0.117. The van der Waals surface area contributed by atoms with Crippen LogP contribution in [-0.2, 0) is 26.1 Å². The van der Waals surface area contributed by atoms with Crippen LogP contribution in [0.25, 0.3) is 0 Å². The summed E-state index contributed by atoms with van der Waals surface area (Å²) >= 11 is 0. The predicted octanol–water partition coefficient (Wildman–Crippen LogP) is -0.926. The summed E-state index contributed by atoms with van der Waals surface area (Å²) in [7, 11) is -4.20. The summed E-state index contributed by atoms with van der Waals surface area (Å²) in [6, 6.07) is 9.44. The van der Waals surface area contributed by atoms with E-state index in [2.05, 4.69) is 5.73 Å². The molecule has 1 aromatic rings. The van der Waals surface area contributed by atoms with Crippen molar-refractivity contribution in [3.63, 3.8) is 0 Å². The number of carbonyl (C=O) groups excluding carboxylic acids is 2. The first-order valence-corrected chi connectivity index (χ1v) is 6.37. The summed E-state index contributed by atoms with van der Waals surface area (Å²) in [5.74, 6) is -2.36. The average Bonchev–Trinajstić information content (AvgIpc) is 2.14. The van der Waals surface area contributed by atoms with Crippen molar-refractivity contribution in [1.82, 2.24) is 0 Å². The molecule has 8 heteroatoms. The van der Waals surface area contributed by atoms with E-state index in [1.165, 1.54) is 0 Å². The van der Waals surface area contributed by atoms with E-state index in [-0.39, 0.29) is 5.91 Å². The Morgan fingerprint density at radius 3 is 1.83 bits per heavy atom. The number of amides is 2. The third-order valence-electron chi connectivity index (χ3n) is 1.55. The minimum atomic E-state index is -4.20. The van der Waals surface area contributed by atoms with Crippen LogP contribution in [0.1, 0.15) is 5.56 Å². The minimum Gasteiger partial charge on any atom is -0.369 e. The van der Waals surface area contributed by atoms with Crippen LogP contribution in [0.15, 0.2) is 30.3 Å². The molecule has 0 saturated heterocycles. The van der Waals surface area contributed by atoms with Crippen molar-refractivity contribution in [3.05, 3.63) is 35.9 Å². The molecule has 0 aliphatic carbocycles. The van der Waals surface area contributed by atoms with Crippen LogP contribution in [0.3, 0.4) is 0 Å². The number of hydrogen-bond donors (Lipinski definition) is 3. The highest BCUT2D eigenvalue weighted by Crippen LogP contribution is 1.97. The molecule has 5 N–H and O–H groups in total. The normalized spacial score (nSPS) is 10.1. The van der Waals surface area contributed by atoms with Gasteiger partial charge >= 0.3 is 0 Å². The van der Waals surface area contributed by atoms with Gasteiger partial charge in [-0.15, -0.1) is 0 Å². The van der Waals surface area contributed by atoms with Crippen molar-refractivity contribution in [2.45, 2.75) is 6.42 Å². The van der Waals surface area contributed by atoms with Crippen molar-refractivity contribution in [2.75, 3.05) is 5.75 Å². The predicted molar refractivity (Wildman–Crippen MR) is 65.0 cm³/mol. The van der Waals surface area contributed by atoms with Crippen LogP contribution in [-0.4, -0.2) is 30.5 Å². The Morgan fingerprint density at radius 1 is 1.06 bits per heavy atom. The van der Waals surface area contributed by atoms with E-state index >= 15 is 0 Å². The van der Waals surface area contributed by atoms with E-state index in [9.17, 15) is 18.0 Å². The standard InChI is InChI=1S/C8H9NO.C2H5NO4S/c9-8(10)6-7-4-2-1-3-5-7;3-2(4)1-8(5,6)7/h1-5H,6H2,(H2,9,10);1H2,(H2,3,4)(H,5,6,7). The molecule has 0 heterocycles. The molecule has 0 unspecified atom stereocenters. The van der Waals surface area contributed by atoms with Gasteiger partial charge < -0.3 is 11.5 Å². The highest BCUT2D eigenvalue weighted by molar-refractivity contribution is 7.86. The van der Waals surface area contributed by atoms with Gasteiger partial charge in [0.15, 0.2) is 5.75 Å². The summed E-state index contributed by atoms with van der Waals surface area (Å²) in [6.07, 6.45) is 0.334. The first-order valence-electron chi connectivity index (χ1n) is 4.76. The molecular weight excluding hydrogens is 260 g/mol. The van der Waals surface area contributed by atoms with Crippen molar-refractivity contribution in [1.29, 1.82) is 0 Å². The van der Waals surface area contributed by atoms with Gasteiger partial charge in [0.1, 0.15) is 0 Å². The molecule has 0 aliphatic heterocycles. The van der Waals surface area contributed by atoms with Crippen LogP contribution in [0.4, 0.5) is 0 Å². The Morgan fingerprint density at radius 2 is 1.56 bits per heavy atom. The summed E-state index contributed by atoms with van der Waals surface area (Å²) in [5.41, 5.74) is 10.4. The zero-order valence-electron chi connectivity index (χ0n) is 9.44. The summed E-state index contributed by atoms with van der Waals surface area (Å²) in [6.45, 7) is 0. The van der Waals surface area contributed by atoms with Gasteiger partial charge in [-0.25, -0.2) is 0 Å². The third-order valence-corrected chi connectivity index (χ3v) is 2.20. The molecule has 7 nitrogen and oxygen atoms in total. The van der Waals surface area contributed by atoms with Crippen LogP contribution in [0.5, 0.6) is 0 Å². The van der Waals surface area contributed by atoms with Gasteiger partial charge in [0.05, 0.1) is 6.42 Å². The second-order valence-electron chi connectivity index (χ2n) is 3.32. The van der Waals surface area contributed by atoms with Gasteiger partial charge in [-0.1, -0.05) is 30.3 Å². The number of rotatable bonds is 4. The van der Waals surface area contributed by atoms with Crippen molar-refractivity contribution in [2.24, 2.45) is 11.5 Å². The van der Waals surface area contributed by atoms with Crippen LogP contribution in [0, 0.1) is 0 Å². The van der Waals surface area contributed by atoms with E-state index in [0.29, 0.717) is 6.42 Å². The van der Waals surface area contributed by atoms with Gasteiger partial charge in [-0.05, 0) is 5.56 Å². The van der Waals surface area contributed by atoms with Gasteiger partial charge in [-0.3, -0.25) is 14.1 Å². The van der Waals surface area contributed by atoms with E-state index in [0.717, 1.165) is 5.56 Å². The largest absolute Gasteiger partial charge is 0.369 e. The first kappa shape index (κ1) is 16.1. The fourth-order valence-electron chi connectivity index (χ4n) is 0.977. The molecule has 0 fully saturated rings. The average molecular weight is 274 g/mol. The van der Waals surface area contributed by atoms with Crippen LogP contribution in [0.2, 0.25) is 0 Å². The molecule has 100 valence electrons. The van der Waals surface area contributed by atoms with Crippen LogP contribution < -0.4 is 11.5 Å². The maximum absolute atomic E-state index is 10.4. The Kier molecular flexibility index (Phi) is 6.61. The van der Waals surface area contributed by atoms with Gasteiger partial charge in [0.25, 0.3) is 10.1 Å². The van der Waals surface area contributed by atoms with Crippen molar-refractivity contribution < 1.29 is 22.6 Å². The zero-order valence-corrected chi connectivity index (χ0v) is 10.3. The Bertz CT molecular complexity index is 498. The lowest BCUT2D eigenvalue weighted by Crippen LogP contribution is -2.22. The van der Waals surface area contributed by atoms with Gasteiger partial charge in [-0.2, -0.15) is 8.42 Å². The van der Waals surface area contributed by atoms with Gasteiger partial charge in [0.2, 0.25) is 11.8 Å². The zero-order chi connectivity index (χ0) is 14.2. The molecule has 2 amide bonds. The molecule has 0 aliphatic rings. The molecular formula is C10H14N2O5S. The fourth-order valence-corrected chi connectivity index (χ4v) is 1.34. The molecule has 0 radical (unpaired) electrons. The maximum atomic E-state index is 10.4. The number of primary amides is 2. The quantitative estimate of drug-likeness (QED) is 0.608. The minimum absolute atomic E-state index is 0.286. The van der Waals surface area contributed by atoms with E-state index in [1.807, 2.05) is 30.3 Å². The molecule has 0 atom stereocenters. The molecule has 0 spiro atoms. The van der Waals surface area contributed by atoms with Gasteiger partial charge in [0, 0.05) is 0 Å². The van der Waals surface area contributed by atoms with Crippen molar-refractivity contribution in [3.8, 4) is 0 Å².